The summed E-state index contributed by atoms with van der Waals surface area (Å²) in [5, 5.41) is 0. The Morgan fingerprint density at radius 3 is 0.804 bits per heavy atom. The van der Waals surface area contributed by atoms with Crippen molar-refractivity contribution < 1.29 is 42.1 Å². The average Bonchev–Trinajstić information content (AvgIpc) is 0.914. The SMILES string of the molecule is CC/C=C\C/C=C\C/C=C\C/C=C\C/C=C\C/C=C\C/C=C\C/C=C\C/C=C\C/C=C\C/C=C\C/C=C\CCCCC(=O)OC(COC(=O)CCCCCCCCCCCCCCCCCCCCCC/C=C\C/C=C\C/C=C\C/C=C\C/C=C\C/C=C\CC)COP(=O)(O)OCC[N+](C)(C)C. The fourth-order valence-electron chi connectivity index (χ4n) is 10.4. The lowest BCUT2D eigenvalue weighted by atomic mass is 10.0. The van der Waals surface area contributed by atoms with Crippen LogP contribution in [0, 0.1) is 0 Å². The number of unbranched alkanes of at least 4 members (excludes halogenated alkanes) is 22. The van der Waals surface area contributed by atoms with Crippen LogP contribution in [0.5, 0.6) is 0 Å². The zero-order valence-corrected chi connectivity index (χ0v) is 66.4. The first-order chi connectivity index (χ1) is 50.0. The normalized spacial score (nSPS) is 14.2. The van der Waals surface area contributed by atoms with Crippen LogP contribution in [0.4, 0.5) is 0 Å². The van der Waals surface area contributed by atoms with Gasteiger partial charge in [-0.05, 0) is 154 Å². The summed E-state index contributed by atoms with van der Waals surface area (Å²) in [5.74, 6) is -0.855. The highest BCUT2D eigenvalue weighted by atomic mass is 31.2. The van der Waals surface area contributed by atoms with E-state index in [1.807, 2.05) is 21.1 Å². The lowest BCUT2D eigenvalue weighted by molar-refractivity contribution is -0.870. The molecule has 102 heavy (non-hydrogen) atoms. The van der Waals surface area contributed by atoms with Gasteiger partial charge < -0.3 is 18.9 Å². The molecule has 9 nitrogen and oxygen atoms in total. The van der Waals surface area contributed by atoms with Crippen LogP contribution in [0.15, 0.2) is 219 Å². The molecule has 0 spiro atoms. The number of carbonyl (C=O) groups is 2. The molecule has 0 aromatic heterocycles. The topological polar surface area (TPSA) is 108 Å². The van der Waals surface area contributed by atoms with Crippen molar-refractivity contribution in [2.75, 3.05) is 47.5 Å². The number of phosphoric ester groups is 1. The maximum atomic E-state index is 12.9. The quantitative estimate of drug-likeness (QED) is 0.0211. The number of hydrogen-bond donors (Lipinski definition) is 1. The van der Waals surface area contributed by atoms with Crippen LogP contribution in [0.3, 0.4) is 0 Å². The zero-order chi connectivity index (χ0) is 74.0. The summed E-state index contributed by atoms with van der Waals surface area (Å²) in [7, 11) is 1.43. The Morgan fingerprint density at radius 2 is 0.529 bits per heavy atom. The molecule has 0 fully saturated rings. The maximum Gasteiger partial charge on any atom is 0.472 e. The van der Waals surface area contributed by atoms with Gasteiger partial charge in [-0.3, -0.25) is 18.6 Å². The first-order valence-corrected chi connectivity index (χ1v) is 42.0. The van der Waals surface area contributed by atoms with E-state index in [1.54, 1.807) is 0 Å². The molecule has 0 aromatic rings. The van der Waals surface area contributed by atoms with Gasteiger partial charge in [0, 0.05) is 12.8 Å². The van der Waals surface area contributed by atoms with Crippen LogP contribution in [0.1, 0.15) is 296 Å². The third-order valence-electron chi connectivity index (χ3n) is 16.5. The van der Waals surface area contributed by atoms with E-state index in [9.17, 15) is 19.0 Å². The zero-order valence-electron chi connectivity index (χ0n) is 65.5. The molecule has 0 saturated heterocycles. The lowest BCUT2D eigenvalue weighted by Crippen LogP contribution is -2.37. The van der Waals surface area contributed by atoms with Crippen LogP contribution >= 0.6 is 7.82 Å². The van der Waals surface area contributed by atoms with Gasteiger partial charge in [-0.1, -0.05) is 348 Å². The number of phosphoric acid groups is 1. The second kappa shape index (κ2) is 79.4. The Balaban J connectivity index is 4.10. The molecule has 0 aliphatic rings. The summed E-state index contributed by atoms with van der Waals surface area (Å²) in [5.41, 5.74) is 0. The maximum absolute atomic E-state index is 12.9. The summed E-state index contributed by atoms with van der Waals surface area (Å²) < 4.78 is 34.7. The van der Waals surface area contributed by atoms with Crippen molar-refractivity contribution in [3.63, 3.8) is 0 Å². The van der Waals surface area contributed by atoms with Crippen molar-refractivity contribution in [2.24, 2.45) is 0 Å². The van der Waals surface area contributed by atoms with Gasteiger partial charge in [-0.2, -0.15) is 0 Å². The minimum atomic E-state index is -4.42. The van der Waals surface area contributed by atoms with Gasteiger partial charge >= 0.3 is 19.8 Å². The highest BCUT2D eigenvalue weighted by Gasteiger charge is 2.27. The molecule has 2 atom stereocenters. The van der Waals surface area contributed by atoms with E-state index < -0.39 is 26.5 Å². The van der Waals surface area contributed by atoms with Crippen molar-refractivity contribution in [1.29, 1.82) is 0 Å². The molecule has 10 heteroatoms. The van der Waals surface area contributed by atoms with Gasteiger partial charge in [0.1, 0.15) is 19.8 Å². The minimum absolute atomic E-state index is 0.0133. The largest absolute Gasteiger partial charge is 0.472 e. The highest BCUT2D eigenvalue weighted by molar-refractivity contribution is 7.47. The molecule has 0 heterocycles. The molecule has 0 amide bonds. The fraction of sp³-hybridized carbons (Fsp3) is 0.587. The highest BCUT2D eigenvalue weighted by Crippen LogP contribution is 2.43. The summed E-state index contributed by atoms with van der Waals surface area (Å²) in [4.78, 5) is 36.0. The Labute approximate surface area is 627 Å². The molecule has 0 radical (unpaired) electrons. The fourth-order valence-corrected chi connectivity index (χ4v) is 11.2. The Bertz CT molecular complexity index is 2530. The van der Waals surface area contributed by atoms with Crippen LogP contribution in [0.2, 0.25) is 0 Å². The average molecular weight is 1430 g/mol. The van der Waals surface area contributed by atoms with E-state index in [2.05, 4.69) is 233 Å². The lowest BCUT2D eigenvalue weighted by Gasteiger charge is -2.24. The van der Waals surface area contributed by atoms with Gasteiger partial charge in [0.2, 0.25) is 0 Å². The molecule has 0 aromatic carbocycles. The number of rotatable bonds is 72. The van der Waals surface area contributed by atoms with Crippen molar-refractivity contribution in [2.45, 2.75) is 302 Å². The molecule has 0 bridgehead atoms. The Kier molecular flexibility index (Phi) is 75.0. The summed E-state index contributed by atoms with van der Waals surface area (Å²) in [6.07, 6.45) is 127. The number of hydrogen-bond acceptors (Lipinski definition) is 7. The number of quaternary nitrogens is 1. The molecule has 574 valence electrons. The van der Waals surface area contributed by atoms with Crippen LogP contribution in [-0.4, -0.2) is 74.9 Å². The van der Waals surface area contributed by atoms with Crippen molar-refractivity contribution >= 4 is 19.8 Å². The van der Waals surface area contributed by atoms with Gasteiger partial charge in [-0.15, -0.1) is 0 Å². The molecule has 0 aliphatic carbocycles. The third-order valence-corrected chi connectivity index (χ3v) is 17.5. The van der Waals surface area contributed by atoms with E-state index >= 15 is 0 Å². The summed E-state index contributed by atoms with van der Waals surface area (Å²) in [6.45, 7) is 4.15. The van der Waals surface area contributed by atoms with E-state index in [0.29, 0.717) is 17.4 Å². The second-order valence-electron chi connectivity index (χ2n) is 27.3. The number of esters is 2. The van der Waals surface area contributed by atoms with Crippen LogP contribution in [-0.2, 0) is 32.7 Å². The number of ether oxygens (including phenoxy) is 2. The monoisotopic (exact) mass is 1430 g/mol. The van der Waals surface area contributed by atoms with E-state index in [1.165, 1.54) is 116 Å². The minimum Gasteiger partial charge on any atom is -0.462 e. The first kappa shape index (κ1) is 96.3. The Hall–Kier alpha value is -5.67. The number of allylic oxidation sites excluding steroid dienone is 36. The van der Waals surface area contributed by atoms with E-state index in [4.69, 9.17) is 18.5 Å². The summed E-state index contributed by atoms with van der Waals surface area (Å²) >= 11 is 0. The number of likely N-dealkylation sites (N-methyl/N-ethyl adjacent to an activating group) is 1. The molecular weight excluding hydrogens is 1280 g/mol. The molecule has 0 aliphatic heterocycles. The predicted octanol–water partition coefficient (Wildman–Crippen LogP) is 27.5. The standard InChI is InChI=1S/C92H148NO8P/c1-6-8-10-12-14-16-18-20-22-24-26-28-30-32-34-36-38-40-42-44-46-48-50-52-54-56-58-60-62-64-66-68-70-72-74-76-78-80-82-84-91(94)98-88-90(89-100-102(96,97)99-87-86-93(3,4)5)101-92(95)85-83-81-79-77-75-73-71-69-67-65-63-61-59-57-55-53-51-49-47-45-43-41-39-37-35-33-31-29-27-25-23-21-19-17-15-13-11-9-7-2/h8-11,14-17,20-23,26-29,32-35,38-41,45,47,51,53,57,59,63,65,69,71,75,77,90H,6-7,12-13,18-19,24-25,30-31,36-37,42-44,46,48-50,52,54-56,58,60-62,64,66-68,70,72-74,76,78-89H2,1-5H3/p+1/b10-8-,11-9-,16-14-,17-15-,22-20-,23-21-,28-26-,29-27-,34-32-,35-33-,40-38-,41-39-,47-45-,53-51-,59-57-,65-63-,71-69-,77-75-. The van der Waals surface area contributed by atoms with Crippen LogP contribution in [0.25, 0.3) is 0 Å². The molecule has 2 unspecified atom stereocenters. The molecule has 0 rings (SSSR count). The van der Waals surface area contributed by atoms with Crippen molar-refractivity contribution in [3.8, 4) is 0 Å². The van der Waals surface area contributed by atoms with Crippen molar-refractivity contribution in [1.82, 2.24) is 0 Å². The number of carbonyl (C=O) groups excluding carboxylic acids is 2. The van der Waals surface area contributed by atoms with E-state index in [-0.39, 0.29) is 32.0 Å². The van der Waals surface area contributed by atoms with Gasteiger partial charge in [0.05, 0.1) is 27.7 Å². The number of nitrogens with zero attached hydrogens (tertiary/aromatic N) is 1. The summed E-state index contributed by atoms with van der Waals surface area (Å²) in [6, 6.07) is 0. The molecule has 1 N–H and O–H groups in total. The smallest absolute Gasteiger partial charge is 0.462 e. The Morgan fingerprint density at radius 1 is 0.304 bits per heavy atom. The van der Waals surface area contributed by atoms with Crippen LogP contribution < -0.4 is 0 Å². The van der Waals surface area contributed by atoms with Gasteiger partial charge in [0.15, 0.2) is 6.10 Å². The van der Waals surface area contributed by atoms with Gasteiger partial charge in [0.25, 0.3) is 0 Å². The molecule has 0 saturated carbocycles. The van der Waals surface area contributed by atoms with E-state index in [0.717, 1.165) is 148 Å². The third kappa shape index (κ3) is 83.3. The first-order valence-electron chi connectivity index (χ1n) is 40.5. The van der Waals surface area contributed by atoms with Crippen molar-refractivity contribution in [3.05, 3.63) is 219 Å². The molecular formula is C92H149NO8P+. The predicted molar refractivity (Wildman–Crippen MR) is 444 cm³/mol. The second-order valence-corrected chi connectivity index (χ2v) is 28.8. The van der Waals surface area contributed by atoms with Gasteiger partial charge in [-0.25, -0.2) is 4.57 Å².